The van der Waals surface area contributed by atoms with E-state index in [1.165, 1.54) is 0 Å². The number of carbonyl (C=O) groups excluding carboxylic acids is 1. The molecule has 3 atom stereocenters. The number of allylic oxidation sites excluding steroid dienone is 4. The second-order valence-electron chi connectivity index (χ2n) is 10.3. The van der Waals surface area contributed by atoms with Crippen LogP contribution in [-0.2, 0) is 20.0 Å². The van der Waals surface area contributed by atoms with Crippen molar-refractivity contribution in [2.75, 3.05) is 17.6 Å². The van der Waals surface area contributed by atoms with Crippen LogP contribution >= 0.6 is 15.9 Å². The number of hydrogen-bond donors (Lipinski definition) is 2. The molecule has 4 rings (SSSR count). The van der Waals surface area contributed by atoms with Crippen molar-refractivity contribution in [1.82, 2.24) is 5.32 Å². The molecule has 0 amide bonds. The Bertz CT molecular complexity index is 1530. The fraction of sp³-hybridized carbons (Fsp3) is 0.400. The third-order valence-corrected chi connectivity index (χ3v) is 12.2. The number of hydrogen-bond acceptors (Lipinski definition) is 6. The molecule has 40 heavy (non-hydrogen) atoms. The van der Waals surface area contributed by atoms with E-state index in [1.54, 1.807) is 6.07 Å². The molecule has 7 nitrogen and oxygen atoms in total. The molecule has 0 saturated heterocycles. The predicted octanol–water partition coefficient (Wildman–Crippen LogP) is 5.00. The Kier molecular flexibility index (Phi) is 9.87. The van der Waals surface area contributed by atoms with Gasteiger partial charge in [-0.2, -0.15) is 0 Å². The molecule has 0 bridgehead atoms. The number of nitriles is 1. The van der Waals surface area contributed by atoms with Gasteiger partial charge in [-0.25, -0.2) is 0 Å². The number of anilines is 1. The number of nitrogens with one attached hydrogen (secondary N) is 2. The molecule has 1 aliphatic heterocycles. The van der Waals surface area contributed by atoms with Crippen LogP contribution in [0, 0.1) is 17.2 Å². The van der Waals surface area contributed by atoms with Crippen LogP contribution in [0.3, 0.4) is 0 Å². The Hall–Kier alpha value is -2.53. The summed E-state index contributed by atoms with van der Waals surface area (Å²) in [6.45, 7) is 6.45. The molecule has 0 saturated carbocycles. The summed E-state index contributed by atoms with van der Waals surface area (Å²) < 4.78 is 34.4. The van der Waals surface area contributed by atoms with Crippen LogP contribution in [0.15, 0.2) is 63.4 Å². The molecule has 1 aliphatic carbocycles. The topological polar surface area (TPSA) is 108 Å². The van der Waals surface area contributed by atoms with Crippen molar-refractivity contribution in [3.63, 3.8) is 0 Å². The zero-order valence-corrected chi connectivity index (χ0v) is 27.7. The van der Waals surface area contributed by atoms with Gasteiger partial charge in [-0.1, -0.05) is 0 Å². The van der Waals surface area contributed by atoms with Gasteiger partial charge in [-0.05, 0) is 0 Å². The van der Waals surface area contributed by atoms with E-state index < -0.39 is 31.7 Å². The van der Waals surface area contributed by atoms with E-state index in [9.17, 15) is 18.5 Å². The average molecular weight is 689 g/mol. The van der Waals surface area contributed by atoms with Crippen LogP contribution < -0.4 is 19.1 Å². The number of sulfonamides is 1. The predicted molar refractivity (Wildman–Crippen MR) is 165 cm³/mol. The molecule has 2 aromatic rings. The SMILES string of the molecule is CCCC1CC(=O)C2=C(C1)NC(C)=C(C#N)C2c1cc(Br)c([AsH]Cc2ccccc2NS(C)(=O)=O)c(OCC)c1. The minimum absolute atomic E-state index is 0.110. The first-order chi connectivity index (χ1) is 19.1. The van der Waals surface area contributed by atoms with E-state index in [0.717, 1.165) is 62.6 Å². The van der Waals surface area contributed by atoms with Gasteiger partial charge in [0.15, 0.2) is 0 Å². The minimum atomic E-state index is -3.40. The van der Waals surface area contributed by atoms with E-state index in [1.807, 2.05) is 44.2 Å². The molecule has 2 aliphatic rings. The van der Waals surface area contributed by atoms with E-state index in [-0.39, 0.29) is 5.78 Å². The second kappa shape index (κ2) is 13.0. The number of para-hydroxylation sites is 1. The number of benzene rings is 2. The number of ketones is 1. The summed E-state index contributed by atoms with van der Waals surface area (Å²) >= 11 is 2.99. The Morgan fingerprint density at radius 1 is 1.23 bits per heavy atom. The van der Waals surface area contributed by atoms with E-state index in [0.29, 0.717) is 41.0 Å². The summed E-state index contributed by atoms with van der Waals surface area (Å²) in [5, 5.41) is 14.3. The number of Topliss-reactive ketones (excluding diaryl/α,β-unsaturated/α-hetero) is 1. The molecule has 0 aromatic heterocycles. The quantitative estimate of drug-likeness (QED) is 0.341. The number of ether oxygens (including phenoxy) is 1. The first-order valence-electron chi connectivity index (χ1n) is 13.5. The number of rotatable bonds is 10. The van der Waals surface area contributed by atoms with Crippen LogP contribution in [0.5, 0.6) is 5.75 Å². The van der Waals surface area contributed by atoms with Crippen molar-refractivity contribution < 1.29 is 17.9 Å². The molecule has 0 radical (unpaired) electrons. The summed E-state index contributed by atoms with van der Waals surface area (Å²) in [4.78, 5) is 13.5. The van der Waals surface area contributed by atoms with Gasteiger partial charge < -0.3 is 0 Å². The zero-order valence-electron chi connectivity index (χ0n) is 23.2. The monoisotopic (exact) mass is 687 g/mol. The first-order valence-corrected chi connectivity index (χ1v) is 18.7. The molecule has 2 aromatic carbocycles. The molecule has 10 heteroatoms. The molecule has 212 valence electrons. The average Bonchev–Trinajstić information content (AvgIpc) is 2.87. The number of halogens is 1. The van der Waals surface area contributed by atoms with Crippen molar-refractivity contribution in [3.05, 3.63) is 74.5 Å². The number of carbonyl (C=O) groups is 1. The van der Waals surface area contributed by atoms with Gasteiger partial charge in [0, 0.05) is 0 Å². The van der Waals surface area contributed by atoms with E-state index in [2.05, 4.69) is 39.0 Å². The van der Waals surface area contributed by atoms with Crippen molar-refractivity contribution >= 4 is 57.5 Å². The Labute approximate surface area is 252 Å². The Morgan fingerprint density at radius 3 is 2.65 bits per heavy atom. The molecule has 1 heterocycles. The fourth-order valence-corrected chi connectivity index (χ4v) is 9.96. The van der Waals surface area contributed by atoms with Crippen molar-refractivity contribution in [1.29, 1.82) is 5.26 Å². The van der Waals surface area contributed by atoms with Gasteiger partial charge in [0.1, 0.15) is 0 Å². The van der Waals surface area contributed by atoms with E-state index in [4.69, 9.17) is 4.74 Å². The van der Waals surface area contributed by atoms with Gasteiger partial charge >= 0.3 is 253 Å². The molecule has 0 fully saturated rings. The first kappa shape index (κ1) is 30.4. The molecule has 0 spiro atoms. The van der Waals surface area contributed by atoms with Gasteiger partial charge in [0.2, 0.25) is 0 Å². The summed E-state index contributed by atoms with van der Waals surface area (Å²) in [6, 6.07) is 13.8. The van der Waals surface area contributed by atoms with E-state index >= 15 is 0 Å². The summed E-state index contributed by atoms with van der Waals surface area (Å²) in [6.07, 6.45) is 4.51. The standard InChI is InChI=1S/C30H35AsBrN3O4S/c1-5-9-19-12-25-29(26(36)13-19)28(22(17-33)18(3)34-25)21-14-23(32)30(27(15-21)39-6-2)31-16-20-10-7-8-11-24(20)35-40(4,37)38/h7-8,10-11,14-15,19,28,31,34-35H,5-6,9,12-13,16H2,1-4H3. The fourth-order valence-electron chi connectivity index (χ4n) is 5.58. The molecule has 3 unspecified atom stereocenters. The maximum absolute atomic E-state index is 13.5. The van der Waals surface area contributed by atoms with Crippen LogP contribution in [0.4, 0.5) is 5.69 Å². The summed E-state index contributed by atoms with van der Waals surface area (Å²) in [5.74, 6) is 0.724. The third-order valence-electron chi connectivity index (χ3n) is 7.21. The Morgan fingerprint density at radius 2 is 1.98 bits per heavy atom. The number of dihydropyridines is 1. The van der Waals surface area contributed by atoms with Crippen molar-refractivity contribution in [2.24, 2.45) is 5.92 Å². The summed E-state index contributed by atoms with van der Waals surface area (Å²) in [7, 11) is -3.40. The van der Waals surface area contributed by atoms with Gasteiger partial charge in [0.25, 0.3) is 0 Å². The van der Waals surface area contributed by atoms with Crippen LogP contribution in [0.1, 0.15) is 63.5 Å². The molecule has 2 N–H and O–H groups in total. The Balaban J connectivity index is 1.73. The molecular weight excluding hydrogens is 653 g/mol. The van der Waals surface area contributed by atoms with Gasteiger partial charge in [0.05, 0.1) is 0 Å². The number of nitrogens with zero attached hydrogens (tertiary/aromatic N) is 1. The normalized spacial score (nSPS) is 19.4. The summed E-state index contributed by atoms with van der Waals surface area (Å²) in [5.41, 5.74) is 5.37. The van der Waals surface area contributed by atoms with Crippen molar-refractivity contribution in [3.8, 4) is 11.8 Å². The third kappa shape index (κ3) is 6.84. The van der Waals surface area contributed by atoms with Gasteiger partial charge in [-0.15, -0.1) is 0 Å². The van der Waals surface area contributed by atoms with Gasteiger partial charge in [-0.3, -0.25) is 0 Å². The van der Waals surface area contributed by atoms with Crippen LogP contribution in [0.2, 0.25) is 0 Å². The van der Waals surface area contributed by atoms with Crippen LogP contribution in [0.25, 0.3) is 0 Å². The maximum atomic E-state index is 13.5. The zero-order chi connectivity index (χ0) is 29.0. The van der Waals surface area contributed by atoms with Crippen LogP contribution in [-0.4, -0.2) is 42.8 Å². The molecular formula is C30H35AsBrN3O4S. The van der Waals surface area contributed by atoms with Crippen molar-refractivity contribution in [2.45, 2.75) is 57.6 Å². The second-order valence-corrected chi connectivity index (χ2v) is 15.4.